The van der Waals surface area contributed by atoms with Gasteiger partial charge in [-0.05, 0) is 25.8 Å². The molecule has 0 unspecified atom stereocenters. The molecule has 6 heteroatoms. The fourth-order valence-electron chi connectivity index (χ4n) is 3.23. The van der Waals surface area contributed by atoms with Crippen LogP contribution in [-0.2, 0) is 11.2 Å². The summed E-state index contributed by atoms with van der Waals surface area (Å²) < 4.78 is 0. The molecule has 0 aliphatic carbocycles. The van der Waals surface area contributed by atoms with Crippen LogP contribution >= 0.6 is 0 Å². The van der Waals surface area contributed by atoms with Gasteiger partial charge in [-0.3, -0.25) is 9.69 Å². The lowest BCUT2D eigenvalue weighted by Gasteiger charge is -2.34. The van der Waals surface area contributed by atoms with Crippen LogP contribution in [0, 0.1) is 0 Å². The highest BCUT2D eigenvalue weighted by Gasteiger charge is 2.21. The van der Waals surface area contributed by atoms with E-state index in [-0.39, 0.29) is 11.9 Å². The molecule has 144 valence electrons. The highest BCUT2D eigenvalue weighted by molar-refractivity contribution is 5.78. The second-order valence-electron chi connectivity index (χ2n) is 6.61. The Bertz CT molecular complexity index is 552. The Labute approximate surface area is 157 Å². The maximum Gasteiger partial charge on any atom is 0.317 e. The average molecular weight is 361 g/mol. The van der Waals surface area contributed by atoms with Crippen molar-refractivity contribution in [1.29, 1.82) is 0 Å². The van der Waals surface area contributed by atoms with Crippen molar-refractivity contribution in [3.05, 3.63) is 35.9 Å². The lowest BCUT2D eigenvalue weighted by atomic mass is 10.1. The van der Waals surface area contributed by atoms with Crippen molar-refractivity contribution < 1.29 is 9.59 Å². The summed E-state index contributed by atoms with van der Waals surface area (Å²) in [4.78, 5) is 30.2. The van der Waals surface area contributed by atoms with Crippen molar-refractivity contribution in [3.63, 3.8) is 0 Å². The maximum absolute atomic E-state index is 12.2. The Morgan fingerprint density at radius 3 is 2.31 bits per heavy atom. The van der Waals surface area contributed by atoms with Crippen LogP contribution in [0.4, 0.5) is 4.79 Å². The van der Waals surface area contributed by atoms with Crippen LogP contribution < -0.4 is 5.32 Å². The van der Waals surface area contributed by atoms with Crippen LogP contribution in [0.2, 0.25) is 0 Å². The van der Waals surface area contributed by atoms with Crippen LogP contribution in [0.15, 0.2) is 30.3 Å². The third kappa shape index (κ3) is 6.33. The standard InChI is InChI=1S/C20H32N4O2/c1-3-23(4-2)19(25)10-12-21-20(26)24-16-14-22(15-17-24)13-11-18-8-6-5-7-9-18/h5-9H,3-4,10-17H2,1-2H3,(H,21,26). The molecule has 3 amide bonds. The van der Waals surface area contributed by atoms with Crippen molar-refractivity contribution in [2.45, 2.75) is 26.7 Å². The molecule has 26 heavy (non-hydrogen) atoms. The van der Waals surface area contributed by atoms with Gasteiger partial charge in [0.25, 0.3) is 0 Å². The minimum absolute atomic E-state index is 0.0555. The number of carbonyl (C=O) groups is 2. The molecular formula is C20H32N4O2. The molecule has 2 rings (SSSR count). The zero-order valence-electron chi connectivity index (χ0n) is 16.1. The van der Waals surface area contributed by atoms with E-state index in [9.17, 15) is 9.59 Å². The molecule has 1 aromatic rings. The third-order valence-corrected chi connectivity index (χ3v) is 4.95. The number of rotatable bonds is 8. The summed E-state index contributed by atoms with van der Waals surface area (Å²) in [5.74, 6) is 0.0982. The van der Waals surface area contributed by atoms with E-state index in [1.54, 1.807) is 4.90 Å². The third-order valence-electron chi connectivity index (χ3n) is 4.95. The maximum atomic E-state index is 12.2. The first kappa shape index (κ1) is 20.2. The van der Waals surface area contributed by atoms with Crippen molar-refractivity contribution in [3.8, 4) is 0 Å². The second kappa shape index (κ2) is 10.8. The topological polar surface area (TPSA) is 55.9 Å². The molecule has 1 saturated heterocycles. The smallest absolute Gasteiger partial charge is 0.317 e. The number of benzene rings is 1. The molecule has 1 aliphatic rings. The summed E-state index contributed by atoms with van der Waals surface area (Å²) in [5.41, 5.74) is 1.35. The molecule has 0 spiro atoms. The lowest BCUT2D eigenvalue weighted by Crippen LogP contribution is -2.52. The molecule has 0 radical (unpaired) electrons. The van der Waals surface area contributed by atoms with E-state index in [1.807, 2.05) is 24.8 Å². The first-order valence-corrected chi connectivity index (χ1v) is 9.70. The number of hydrogen-bond donors (Lipinski definition) is 1. The average Bonchev–Trinajstić information content (AvgIpc) is 2.68. The number of amides is 3. The van der Waals surface area contributed by atoms with Gasteiger partial charge in [0.1, 0.15) is 0 Å². The largest absolute Gasteiger partial charge is 0.343 e. The normalized spacial score (nSPS) is 14.9. The van der Waals surface area contributed by atoms with E-state index < -0.39 is 0 Å². The van der Waals surface area contributed by atoms with E-state index >= 15 is 0 Å². The Balaban J connectivity index is 1.62. The van der Waals surface area contributed by atoms with Crippen LogP contribution in [0.5, 0.6) is 0 Å². The van der Waals surface area contributed by atoms with Crippen molar-refractivity contribution in [1.82, 2.24) is 20.0 Å². The van der Waals surface area contributed by atoms with Crippen molar-refractivity contribution in [2.75, 3.05) is 52.4 Å². The van der Waals surface area contributed by atoms with E-state index in [0.29, 0.717) is 26.1 Å². The minimum Gasteiger partial charge on any atom is -0.343 e. The van der Waals surface area contributed by atoms with Gasteiger partial charge in [0.2, 0.25) is 5.91 Å². The van der Waals surface area contributed by atoms with Gasteiger partial charge in [0.05, 0.1) is 0 Å². The molecule has 1 N–H and O–H groups in total. The zero-order valence-corrected chi connectivity index (χ0v) is 16.1. The monoisotopic (exact) mass is 360 g/mol. The molecule has 0 aromatic heterocycles. The first-order chi connectivity index (χ1) is 12.6. The van der Waals surface area contributed by atoms with Gasteiger partial charge in [-0.1, -0.05) is 30.3 Å². The van der Waals surface area contributed by atoms with Crippen LogP contribution in [0.1, 0.15) is 25.8 Å². The first-order valence-electron chi connectivity index (χ1n) is 9.70. The summed E-state index contributed by atoms with van der Waals surface area (Å²) in [7, 11) is 0. The number of hydrogen-bond acceptors (Lipinski definition) is 3. The predicted octanol–water partition coefficient (Wildman–Crippen LogP) is 1.81. The molecule has 0 bridgehead atoms. The van der Waals surface area contributed by atoms with Crippen LogP contribution in [-0.4, -0.2) is 79.0 Å². The Kier molecular flexibility index (Phi) is 8.41. The van der Waals surface area contributed by atoms with Gasteiger partial charge in [0, 0.05) is 58.8 Å². The van der Waals surface area contributed by atoms with Crippen molar-refractivity contribution in [2.24, 2.45) is 0 Å². The highest BCUT2D eigenvalue weighted by atomic mass is 16.2. The number of nitrogens with one attached hydrogen (secondary N) is 1. The van der Waals surface area contributed by atoms with Crippen LogP contribution in [0.3, 0.4) is 0 Å². The van der Waals surface area contributed by atoms with Gasteiger partial charge in [-0.2, -0.15) is 0 Å². The number of carbonyl (C=O) groups excluding carboxylic acids is 2. The SMILES string of the molecule is CCN(CC)C(=O)CCNC(=O)N1CCN(CCc2ccccc2)CC1. The number of urea groups is 1. The summed E-state index contributed by atoms with van der Waals surface area (Å²) >= 11 is 0. The molecular weight excluding hydrogens is 328 g/mol. The minimum atomic E-state index is -0.0555. The Hall–Kier alpha value is -2.08. The van der Waals surface area contributed by atoms with Gasteiger partial charge in [0.15, 0.2) is 0 Å². The molecule has 1 aliphatic heterocycles. The van der Waals surface area contributed by atoms with Crippen molar-refractivity contribution >= 4 is 11.9 Å². The fraction of sp³-hybridized carbons (Fsp3) is 0.600. The molecule has 1 aromatic carbocycles. The van der Waals surface area contributed by atoms with Gasteiger partial charge in [-0.15, -0.1) is 0 Å². The highest BCUT2D eigenvalue weighted by Crippen LogP contribution is 2.06. The zero-order chi connectivity index (χ0) is 18.8. The van der Waals surface area contributed by atoms with Gasteiger partial charge in [-0.25, -0.2) is 4.79 Å². The second-order valence-corrected chi connectivity index (χ2v) is 6.61. The van der Waals surface area contributed by atoms with Crippen LogP contribution in [0.25, 0.3) is 0 Å². The summed E-state index contributed by atoms with van der Waals surface area (Å²) in [6.07, 6.45) is 1.41. The van der Waals surface area contributed by atoms with Gasteiger partial charge < -0.3 is 15.1 Å². The molecule has 1 heterocycles. The quantitative estimate of drug-likeness (QED) is 0.769. The summed E-state index contributed by atoms with van der Waals surface area (Å²) in [6, 6.07) is 10.4. The molecule has 1 fully saturated rings. The predicted molar refractivity (Wildman–Crippen MR) is 104 cm³/mol. The number of nitrogens with zero attached hydrogens (tertiary/aromatic N) is 3. The Morgan fingerprint density at radius 1 is 1.04 bits per heavy atom. The molecule has 6 nitrogen and oxygen atoms in total. The van der Waals surface area contributed by atoms with Gasteiger partial charge >= 0.3 is 6.03 Å². The van der Waals surface area contributed by atoms with E-state index in [1.165, 1.54) is 5.56 Å². The van der Waals surface area contributed by atoms with E-state index in [2.05, 4.69) is 34.5 Å². The molecule has 0 saturated carbocycles. The molecule has 0 atom stereocenters. The summed E-state index contributed by atoms with van der Waals surface area (Å²) in [6.45, 7) is 10.1. The van der Waals surface area contributed by atoms with E-state index in [4.69, 9.17) is 0 Å². The number of piperazine rings is 1. The lowest BCUT2D eigenvalue weighted by molar-refractivity contribution is -0.130. The Morgan fingerprint density at radius 2 is 1.69 bits per heavy atom. The summed E-state index contributed by atoms with van der Waals surface area (Å²) in [5, 5.41) is 2.88. The van der Waals surface area contributed by atoms with E-state index in [0.717, 1.165) is 39.1 Å². The fourth-order valence-corrected chi connectivity index (χ4v) is 3.23.